The van der Waals surface area contributed by atoms with Gasteiger partial charge in [0.2, 0.25) is 0 Å². The molecule has 1 fully saturated rings. The number of nitrogens with zero attached hydrogens (tertiary/aromatic N) is 1. The number of piperidine rings is 1. The van der Waals surface area contributed by atoms with E-state index in [0.29, 0.717) is 19.4 Å². The summed E-state index contributed by atoms with van der Waals surface area (Å²) in [4.78, 5) is 11.0. The number of carboxylic acids is 1. The molecular weight excluding hydrogens is 319 g/mol. The first kappa shape index (κ1) is 17.0. The smallest absolute Gasteiger partial charge is 0.417 e. The van der Waals surface area contributed by atoms with Crippen LogP contribution in [-0.4, -0.2) is 35.6 Å². The molecule has 0 unspecified atom stereocenters. The summed E-state index contributed by atoms with van der Waals surface area (Å²) in [6.45, 7) is 0.763. The molecular formula is C14H16F3NO3S. The first-order chi connectivity index (χ1) is 10.3. The van der Waals surface area contributed by atoms with Crippen LogP contribution in [0.15, 0.2) is 23.1 Å². The predicted octanol–water partition coefficient (Wildman–Crippen LogP) is 3.52. The number of aliphatic carboxylic acids is 1. The molecule has 0 spiro atoms. The molecule has 1 aromatic rings. The van der Waals surface area contributed by atoms with E-state index < -0.39 is 23.6 Å². The van der Waals surface area contributed by atoms with Gasteiger partial charge in [-0.3, -0.25) is 4.79 Å². The van der Waals surface area contributed by atoms with Gasteiger partial charge < -0.3 is 9.84 Å². The molecule has 1 aromatic carbocycles. The Labute approximate surface area is 130 Å². The van der Waals surface area contributed by atoms with Gasteiger partial charge in [0.15, 0.2) is 0 Å². The molecule has 1 saturated heterocycles. The van der Waals surface area contributed by atoms with Gasteiger partial charge >= 0.3 is 12.1 Å². The van der Waals surface area contributed by atoms with Gasteiger partial charge in [-0.05, 0) is 36.9 Å². The Kier molecular flexibility index (Phi) is 5.23. The highest BCUT2D eigenvalue weighted by molar-refractivity contribution is 7.97. The van der Waals surface area contributed by atoms with Crippen LogP contribution in [0.1, 0.15) is 18.4 Å². The summed E-state index contributed by atoms with van der Waals surface area (Å²) in [5, 5.41) is 9.07. The maximum atomic E-state index is 13.1. The van der Waals surface area contributed by atoms with Crippen LogP contribution in [0, 0.1) is 5.92 Å². The van der Waals surface area contributed by atoms with Crippen molar-refractivity contribution in [2.45, 2.75) is 23.9 Å². The Balaban J connectivity index is 2.26. The second-order valence-corrected chi connectivity index (χ2v) is 6.10. The first-order valence-corrected chi connectivity index (χ1v) is 7.50. The van der Waals surface area contributed by atoms with Crippen LogP contribution in [0.2, 0.25) is 0 Å². The van der Waals surface area contributed by atoms with Gasteiger partial charge in [-0.2, -0.15) is 13.2 Å². The molecule has 0 aromatic heterocycles. The molecule has 1 atom stereocenters. The summed E-state index contributed by atoms with van der Waals surface area (Å²) < 4.78 is 46.1. The molecule has 0 bridgehead atoms. The van der Waals surface area contributed by atoms with E-state index in [4.69, 9.17) is 9.84 Å². The molecule has 1 aliphatic rings. The lowest BCUT2D eigenvalue weighted by Gasteiger charge is -2.30. The molecule has 122 valence electrons. The summed E-state index contributed by atoms with van der Waals surface area (Å²) in [5.41, 5.74) is -0.769. The van der Waals surface area contributed by atoms with Crippen LogP contribution in [0.5, 0.6) is 5.75 Å². The fourth-order valence-corrected chi connectivity index (χ4v) is 3.61. The fourth-order valence-electron chi connectivity index (χ4n) is 2.35. The van der Waals surface area contributed by atoms with Crippen molar-refractivity contribution in [2.75, 3.05) is 20.2 Å². The van der Waals surface area contributed by atoms with Gasteiger partial charge in [-0.1, -0.05) is 6.07 Å². The number of carboxylic acid groups (broad SMARTS) is 1. The number of rotatable bonds is 4. The van der Waals surface area contributed by atoms with Crippen molar-refractivity contribution >= 4 is 17.9 Å². The Morgan fingerprint density at radius 2 is 2.18 bits per heavy atom. The van der Waals surface area contributed by atoms with Crippen molar-refractivity contribution in [2.24, 2.45) is 5.92 Å². The van der Waals surface area contributed by atoms with E-state index >= 15 is 0 Å². The molecule has 0 aliphatic carbocycles. The monoisotopic (exact) mass is 335 g/mol. The van der Waals surface area contributed by atoms with E-state index in [1.165, 1.54) is 19.2 Å². The predicted molar refractivity (Wildman–Crippen MR) is 75.8 cm³/mol. The van der Waals surface area contributed by atoms with Gasteiger partial charge in [0.25, 0.3) is 0 Å². The van der Waals surface area contributed by atoms with Gasteiger partial charge in [-0.25, -0.2) is 4.31 Å². The number of carbonyl (C=O) groups is 1. The third kappa shape index (κ3) is 3.86. The highest BCUT2D eigenvalue weighted by Gasteiger charge is 2.36. The van der Waals surface area contributed by atoms with Crippen molar-refractivity contribution in [1.29, 1.82) is 0 Å². The number of hydrogen-bond acceptors (Lipinski definition) is 4. The average molecular weight is 335 g/mol. The Hall–Kier alpha value is -1.41. The summed E-state index contributed by atoms with van der Waals surface area (Å²) in [6.07, 6.45) is -3.30. The lowest BCUT2D eigenvalue weighted by molar-refractivity contribution is -0.143. The summed E-state index contributed by atoms with van der Waals surface area (Å²) in [5.74, 6) is -1.33. The van der Waals surface area contributed by atoms with Gasteiger partial charge in [0.1, 0.15) is 5.75 Å². The number of benzene rings is 1. The SMILES string of the molecule is COc1cccc(C(F)(F)F)c1SN1CCC[C@H](C(=O)O)C1. The Morgan fingerprint density at radius 1 is 1.45 bits per heavy atom. The average Bonchev–Trinajstić information content (AvgIpc) is 2.46. The molecule has 0 amide bonds. The lowest BCUT2D eigenvalue weighted by Crippen LogP contribution is -2.34. The zero-order valence-corrected chi connectivity index (χ0v) is 12.7. The molecule has 0 radical (unpaired) electrons. The summed E-state index contributed by atoms with van der Waals surface area (Å²) in [7, 11) is 1.32. The minimum Gasteiger partial charge on any atom is -0.496 e. The second kappa shape index (κ2) is 6.78. The van der Waals surface area contributed by atoms with Crippen LogP contribution in [0.4, 0.5) is 13.2 Å². The number of halogens is 3. The molecule has 1 N–H and O–H groups in total. The molecule has 4 nitrogen and oxygen atoms in total. The zero-order valence-electron chi connectivity index (χ0n) is 11.9. The molecule has 2 rings (SSSR count). The number of methoxy groups -OCH3 is 1. The molecule has 0 saturated carbocycles. The van der Waals surface area contributed by atoms with Gasteiger partial charge in [0, 0.05) is 13.1 Å². The third-order valence-corrected chi connectivity index (χ3v) is 4.65. The zero-order chi connectivity index (χ0) is 16.3. The molecule has 22 heavy (non-hydrogen) atoms. The van der Waals surface area contributed by atoms with Crippen molar-refractivity contribution in [3.05, 3.63) is 23.8 Å². The van der Waals surface area contributed by atoms with Crippen molar-refractivity contribution in [3.8, 4) is 5.75 Å². The highest BCUT2D eigenvalue weighted by Crippen LogP contribution is 2.43. The second-order valence-electron chi connectivity index (χ2n) is 4.99. The topological polar surface area (TPSA) is 49.8 Å². The Bertz CT molecular complexity index is 551. The van der Waals surface area contributed by atoms with E-state index in [2.05, 4.69) is 0 Å². The van der Waals surface area contributed by atoms with Crippen molar-refractivity contribution < 1.29 is 27.8 Å². The van der Waals surface area contributed by atoms with Crippen LogP contribution in [0.25, 0.3) is 0 Å². The van der Waals surface area contributed by atoms with Crippen LogP contribution in [-0.2, 0) is 11.0 Å². The molecule has 1 aliphatic heterocycles. The van der Waals surface area contributed by atoms with E-state index in [1.54, 1.807) is 4.31 Å². The van der Waals surface area contributed by atoms with Crippen LogP contribution < -0.4 is 4.74 Å². The normalized spacial score (nSPS) is 19.9. The standard InChI is InChI=1S/C14H16F3NO3S/c1-21-11-6-2-5-10(14(15,16)17)12(11)22-18-7-3-4-9(8-18)13(19)20/h2,5-6,9H,3-4,7-8H2,1H3,(H,19,20)/t9-/m0/s1. The minimum atomic E-state index is -4.49. The quantitative estimate of drug-likeness (QED) is 0.853. The maximum absolute atomic E-state index is 13.1. The van der Waals surface area contributed by atoms with Gasteiger partial charge in [-0.15, -0.1) is 0 Å². The van der Waals surface area contributed by atoms with E-state index in [0.717, 1.165) is 18.0 Å². The minimum absolute atomic E-state index is 0.0245. The highest BCUT2D eigenvalue weighted by atomic mass is 32.2. The van der Waals surface area contributed by atoms with E-state index in [-0.39, 0.29) is 17.2 Å². The first-order valence-electron chi connectivity index (χ1n) is 6.73. The maximum Gasteiger partial charge on any atom is 0.417 e. The number of hydrogen-bond donors (Lipinski definition) is 1. The van der Waals surface area contributed by atoms with E-state index in [1.807, 2.05) is 0 Å². The largest absolute Gasteiger partial charge is 0.496 e. The number of ether oxygens (including phenoxy) is 1. The molecule has 8 heteroatoms. The lowest BCUT2D eigenvalue weighted by atomic mass is 10.0. The third-order valence-electron chi connectivity index (χ3n) is 3.46. The van der Waals surface area contributed by atoms with Crippen molar-refractivity contribution in [1.82, 2.24) is 4.31 Å². The number of alkyl halides is 3. The summed E-state index contributed by atoms with van der Waals surface area (Å²) in [6, 6.07) is 3.77. The van der Waals surface area contributed by atoms with Crippen molar-refractivity contribution in [3.63, 3.8) is 0 Å². The van der Waals surface area contributed by atoms with Crippen LogP contribution >= 0.6 is 11.9 Å². The van der Waals surface area contributed by atoms with Crippen LogP contribution in [0.3, 0.4) is 0 Å². The molecule has 1 heterocycles. The Morgan fingerprint density at radius 3 is 2.77 bits per heavy atom. The van der Waals surface area contributed by atoms with E-state index in [9.17, 15) is 18.0 Å². The fraction of sp³-hybridized carbons (Fsp3) is 0.500. The van der Waals surface area contributed by atoms with Gasteiger partial charge in [0.05, 0.1) is 23.5 Å². The summed E-state index contributed by atoms with van der Waals surface area (Å²) >= 11 is 0.915.